The van der Waals surface area contributed by atoms with E-state index in [9.17, 15) is 4.79 Å². The average molecular weight is 330 g/mol. The highest BCUT2D eigenvalue weighted by Crippen LogP contribution is 2.32. The van der Waals surface area contributed by atoms with Gasteiger partial charge >= 0.3 is 0 Å². The van der Waals surface area contributed by atoms with Crippen molar-refractivity contribution >= 4 is 32.6 Å². The van der Waals surface area contributed by atoms with Crippen molar-refractivity contribution in [2.75, 3.05) is 12.4 Å². The molecule has 0 bridgehead atoms. The van der Waals surface area contributed by atoms with Gasteiger partial charge in [-0.25, -0.2) is 4.98 Å². The van der Waals surface area contributed by atoms with Crippen molar-refractivity contribution < 1.29 is 9.53 Å². The van der Waals surface area contributed by atoms with Crippen molar-refractivity contribution in [2.24, 2.45) is 0 Å². The first-order valence-electron chi connectivity index (χ1n) is 7.30. The highest BCUT2D eigenvalue weighted by Gasteiger charge is 2.16. The van der Waals surface area contributed by atoms with Crippen molar-refractivity contribution in [3.63, 3.8) is 0 Å². The normalized spacial score (nSPS) is 11.2. The zero-order valence-electron chi connectivity index (χ0n) is 13.5. The van der Waals surface area contributed by atoms with Crippen LogP contribution in [0.4, 0.5) is 5.13 Å². The summed E-state index contributed by atoms with van der Waals surface area (Å²) in [6.45, 7) is 6.00. The summed E-state index contributed by atoms with van der Waals surface area (Å²) in [5.74, 6) is 0.435. The first-order chi connectivity index (χ1) is 11.0. The summed E-state index contributed by atoms with van der Waals surface area (Å²) in [4.78, 5) is 16.8. The van der Waals surface area contributed by atoms with Crippen LogP contribution in [-0.2, 0) is 0 Å². The van der Waals surface area contributed by atoms with Gasteiger partial charge in [0.15, 0.2) is 10.8 Å². The number of rotatable bonds is 4. The molecule has 120 valence electrons. The number of thiazole rings is 1. The largest absolute Gasteiger partial charge is 0.494 e. The smallest absolute Gasteiger partial charge is 0.277 e. The molecular formula is C16H18N4O2S. The summed E-state index contributed by atoms with van der Waals surface area (Å²) < 4.78 is 8.08. The Labute approximate surface area is 138 Å². The summed E-state index contributed by atoms with van der Waals surface area (Å²) in [7, 11) is 1.60. The maximum Gasteiger partial charge on any atom is 0.277 e. The Bertz CT molecular complexity index is 866. The predicted octanol–water partition coefficient (Wildman–Crippen LogP) is 3.64. The number of aromatic nitrogens is 3. The second-order valence-corrected chi connectivity index (χ2v) is 6.52. The number of benzene rings is 1. The number of nitrogens with zero attached hydrogens (tertiary/aromatic N) is 3. The minimum Gasteiger partial charge on any atom is -0.494 e. The molecule has 6 nitrogen and oxygen atoms in total. The molecule has 0 saturated heterocycles. The van der Waals surface area contributed by atoms with Gasteiger partial charge in [0.2, 0.25) is 0 Å². The van der Waals surface area contributed by atoms with E-state index in [-0.39, 0.29) is 11.9 Å². The fourth-order valence-corrected chi connectivity index (χ4v) is 3.30. The van der Waals surface area contributed by atoms with E-state index in [1.807, 2.05) is 43.7 Å². The van der Waals surface area contributed by atoms with Gasteiger partial charge < -0.3 is 4.74 Å². The molecule has 0 atom stereocenters. The summed E-state index contributed by atoms with van der Waals surface area (Å²) >= 11 is 1.41. The Morgan fingerprint density at radius 1 is 1.39 bits per heavy atom. The second kappa shape index (κ2) is 6.00. The van der Waals surface area contributed by atoms with Crippen LogP contribution in [0.1, 0.15) is 36.1 Å². The topological polar surface area (TPSA) is 69.0 Å². The van der Waals surface area contributed by atoms with E-state index in [2.05, 4.69) is 15.4 Å². The summed E-state index contributed by atoms with van der Waals surface area (Å²) in [5.41, 5.74) is 2.10. The molecule has 0 aliphatic carbocycles. The third-order valence-corrected chi connectivity index (χ3v) is 4.40. The van der Waals surface area contributed by atoms with Gasteiger partial charge in [-0.05, 0) is 39.0 Å². The fraction of sp³-hybridized carbons (Fsp3) is 0.312. The van der Waals surface area contributed by atoms with Gasteiger partial charge in [-0.1, -0.05) is 17.4 Å². The number of carbonyl (C=O) groups excluding carboxylic acids is 1. The molecule has 0 aliphatic rings. The van der Waals surface area contributed by atoms with Gasteiger partial charge in [-0.15, -0.1) is 0 Å². The Morgan fingerprint density at radius 3 is 2.83 bits per heavy atom. The molecule has 7 heteroatoms. The van der Waals surface area contributed by atoms with Crippen LogP contribution in [-0.4, -0.2) is 27.8 Å². The number of para-hydroxylation sites is 1. The van der Waals surface area contributed by atoms with Crippen molar-refractivity contribution in [1.82, 2.24) is 14.8 Å². The number of carbonyl (C=O) groups is 1. The molecule has 0 aliphatic heterocycles. The van der Waals surface area contributed by atoms with Crippen molar-refractivity contribution in [3.8, 4) is 5.75 Å². The van der Waals surface area contributed by atoms with Crippen LogP contribution in [0.5, 0.6) is 5.75 Å². The number of amides is 1. The van der Waals surface area contributed by atoms with Crippen LogP contribution in [0, 0.1) is 6.92 Å². The highest BCUT2D eigenvalue weighted by molar-refractivity contribution is 7.22. The molecule has 0 radical (unpaired) electrons. The lowest BCUT2D eigenvalue weighted by Crippen LogP contribution is -2.13. The lowest BCUT2D eigenvalue weighted by atomic mass is 10.3. The van der Waals surface area contributed by atoms with Gasteiger partial charge in [0.25, 0.3) is 5.91 Å². The average Bonchev–Trinajstić information content (AvgIpc) is 3.09. The van der Waals surface area contributed by atoms with E-state index in [0.29, 0.717) is 16.6 Å². The molecule has 0 saturated carbocycles. The van der Waals surface area contributed by atoms with Crippen molar-refractivity contribution in [1.29, 1.82) is 0 Å². The minimum absolute atomic E-state index is 0.211. The van der Waals surface area contributed by atoms with E-state index in [1.165, 1.54) is 11.3 Å². The standard InChI is InChI=1S/C16H18N4O2S/c1-9(2)20-10(3)8-11(19-20)15(21)18-16-17-14-12(22-4)6-5-7-13(14)23-16/h5-9H,1-4H3,(H,17,18,21). The van der Waals surface area contributed by atoms with Crippen LogP contribution in [0.25, 0.3) is 10.2 Å². The second-order valence-electron chi connectivity index (χ2n) is 5.49. The quantitative estimate of drug-likeness (QED) is 0.793. The maximum absolute atomic E-state index is 12.4. The van der Waals surface area contributed by atoms with Crippen molar-refractivity contribution in [3.05, 3.63) is 35.7 Å². The first-order valence-corrected chi connectivity index (χ1v) is 8.12. The zero-order valence-corrected chi connectivity index (χ0v) is 14.3. The van der Waals surface area contributed by atoms with Crippen LogP contribution in [0.2, 0.25) is 0 Å². The van der Waals surface area contributed by atoms with Crippen molar-refractivity contribution in [2.45, 2.75) is 26.8 Å². The third kappa shape index (κ3) is 2.92. The van der Waals surface area contributed by atoms with Gasteiger partial charge in [-0.3, -0.25) is 14.8 Å². The predicted molar refractivity (Wildman–Crippen MR) is 91.5 cm³/mol. The first kappa shape index (κ1) is 15.5. The van der Waals surface area contributed by atoms with E-state index in [0.717, 1.165) is 15.9 Å². The number of nitrogens with one attached hydrogen (secondary N) is 1. The number of anilines is 1. The number of hydrogen-bond acceptors (Lipinski definition) is 5. The third-order valence-electron chi connectivity index (χ3n) is 3.47. The zero-order chi connectivity index (χ0) is 16.6. The monoisotopic (exact) mass is 330 g/mol. The van der Waals surface area contributed by atoms with Crippen LogP contribution in [0.3, 0.4) is 0 Å². The molecule has 0 unspecified atom stereocenters. The summed E-state index contributed by atoms with van der Waals surface area (Å²) in [5, 5.41) is 7.70. The summed E-state index contributed by atoms with van der Waals surface area (Å²) in [6.07, 6.45) is 0. The Kier molecular flexibility index (Phi) is 4.04. The molecule has 23 heavy (non-hydrogen) atoms. The SMILES string of the molecule is COc1cccc2sc(NC(=O)c3cc(C)n(C(C)C)n3)nc12. The molecule has 2 heterocycles. The molecule has 1 amide bonds. The van der Waals surface area contributed by atoms with Crippen LogP contribution >= 0.6 is 11.3 Å². The van der Waals surface area contributed by atoms with E-state index in [1.54, 1.807) is 13.2 Å². The fourth-order valence-electron chi connectivity index (χ4n) is 2.42. The molecule has 2 aromatic heterocycles. The van der Waals surface area contributed by atoms with Gasteiger partial charge in [0, 0.05) is 11.7 Å². The molecule has 3 rings (SSSR count). The lowest BCUT2D eigenvalue weighted by Gasteiger charge is -2.06. The van der Waals surface area contributed by atoms with Gasteiger partial charge in [0.05, 0.1) is 11.8 Å². The molecular weight excluding hydrogens is 312 g/mol. The lowest BCUT2D eigenvalue weighted by molar-refractivity contribution is 0.102. The minimum atomic E-state index is -0.259. The number of aryl methyl sites for hydroxylation is 1. The van der Waals surface area contributed by atoms with Gasteiger partial charge in [0.1, 0.15) is 11.3 Å². The number of methoxy groups -OCH3 is 1. The van der Waals surface area contributed by atoms with Crippen LogP contribution < -0.4 is 10.1 Å². The van der Waals surface area contributed by atoms with E-state index in [4.69, 9.17) is 4.74 Å². The molecule has 3 aromatic rings. The van der Waals surface area contributed by atoms with E-state index < -0.39 is 0 Å². The Morgan fingerprint density at radius 2 is 2.17 bits per heavy atom. The molecule has 1 N–H and O–H groups in total. The molecule has 0 fully saturated rings. The highest BCUT2D eigenvalue weighted by atomic mass is 32.1. The Hall–Kier alpha value is -2.41. The molecule has 0 spiro atoms. The Balaban J connectivity index is 1.87. The molecule has 1 aromatic carbocycles. The number of fused-ring (bicyclic) bond motifs is 1. The van der Waals surface area contributed by atoms with Gasteiger partial charge in [-0.2, -0.15) is 5.10 Å². The summed E-state index contributed by atoms with van der Waals surface area (Å²) in [6, 6.07) is 7.69. The maximum atomic E-state index is 12.4. The van der Waals surface area contributed by atoms with E-state index >= 15 is 0 Å². The number of hydrogen-bond donors (Lipinski definition) is 1. The number of ether oxygens (including phenoxy) is 1. The van der Waals surface area contributed by atoms with Crippen LogP contribution in [0.15, 0.2) is 24.3 Å².